The molecule has 0 aliphatic carbocycles. The largest absolute Gasteiger partial charge is 0.461 e. The number of rotatable bonds is 6. The van der Waals surface area contributed by atoms with Crippen LogP contribution in [0.3, 0.4) is 0 Å². The summed E-state index contributed by atoms with van der Waals surface area (Å²) < 4.78 is 32.3. The molecule has 142 valence electrons. The number of nitriles is 1. The van der Waals surface area contributed by atoms with E-state index in [4.69, 9.17) is 10.00 Å². The van der Waals surface area contributed by atoms with Crippen molar-refractivity contribution in [3.8, 4) is 6.07 Å². The zero-order chi connectivity index (χ0) is 19.3. The van der Waals surface area contributed by atoms with Gasteiger partial charge in [-0.1, -0.05) is 18.6 Å². The Bertz CT molecular complexity index is 937. The summed E-state index contributed by atoms with van der Waals surface area (Å²) in [5, 5.41) is 8.77. The molecule has 0 saturated carbocycles. The van der Waals surface area contributed by atoms with E-state index in [0.29, 0.717) is 23.5 Å². The summed E-state index contributed by atoms with van der Waals surface area (Å²) >= 11 is 1.12. The molecule has 2 heterocycles. The van der Waals surface area contributed by atoms with Crippen LogP contribution in [0, 0.1) is 11.3 Å². The zero-order valence-corrected chi connectivity index (χ0v) is 16.4. The summed E-state index contributed by atoms with van der Waals surface area (Å²) in [5.41, 5.74) is 1.34. The number of ether oxygens (including phenoxy) is 1. The van der Waals surface area contributed by atoms with Crippen molar-refractivity contribution in [3.63, 3.8) is 0 Å². The van der Waals surface area contributed by atoms with Gasteiger partial charge in [0, 0.05) is 18.0 Å². The van der Waals surface area contributed by atoms with Crippen molar-refractivity contribution in [1.82, 2.24) is 4.31 Å². The smallest absolute Gasteiger partial charge is 0.311 e. The topological polar surface area (TPSA) is 87.5 Å². The Morgan fingerprint density at radius 3 is 2.48 bits per heavy atom. The van der Waals surface area contributed by atoms with E-state index in [1.165, 1.54) is 4.31 Å². The van der Waals surface area contributed by atoms with Gasteiger partial charge in [-0.25, -0.2) is 8.42 Å². The number of sulfonamides is 1. The summed E-state index contributed by atoms with van der Waals surface area (Å²) in [6, 6.07) is 12.1. The lowest BCUT2D eigenvalue weighted by atomic mass is 10.2. The van der Waals surface area contributed by atoms with Crippen LogP contribution in [0.4, 0.5) is 0 Å². The van der Waals surface area contributed by atoms with Crippen LogP contribution in [0.5, 0.6) is 0 Å². The zero-order valence-electron chi connectivity index (χ0n) is 14.8. The minimum Gasteiger partial charge on any atom is -0.461 e. The Hall–Kier alpha value is -2.21. The predicted octanol–water partition coefficient (Wildman–Crippen LogP) is 3.08. The number of esters is 1. The molecule has 0 unspecified atom stereocenters. The standard InChI is InChI=1S/C19H20N2O4S2/c20-13-15-4-6-16(7-5-15)14-25-18(22)12-17-8-9-19(26-17)27(23,24)21-10-2-1-3-11-21/h4-9H,1-3,10-12,14H2. The molecule has 27 heavy (non-hydrogen) atoms. The lowest BCUT2D eigenvalue weighted by Gasteiger charge is -2.25. The molecule has 1 saturated heterocycles. The Morgan fingerprint density at radius 1 is 1.11 bits per heavy atom. The van der Waals surface area contributed by atoms with Gasteiger partial charge in [-0.3, -0.25) is 4.79 Å². The van der Waals surface area contributed by atoms with Crippen molar-refractivity contribution in [1.29, 1.82) is 5.26 Å². The number of hydrogen-bond donors (Lipinski definition) is 0. The van der Waals surface area contributed by atoms with Gasteiger partial charge >= 0.3 is 5.97 Å². The first-order valence-electron chi connectivity index (χ1n) is 8.72. The minimum atomic E-state index is -3.47. The fourth-order valence-electron chi connectivity index (χ4n) is 2.86. The van der Waals surface area contributed by atoms with Gasteiger partial charge in [-0.05, 0) is 42.7 Å². The predicted molar refractivity (Wildman–Crippen MR) is 102 cm³/mol. The fraction of sp³-hybridized carbons (Fsp3) is 0.368. The van der Waals surface area contributed by atoms with E-state index in [2.05, 4.69) is 0 Å². The maximum Gasteiger partial charge on any atom is 0.311 e. The van der Waals surface area contributed by atoms with Gasteiger partial charge < -0.3 is 4.74 Å². The molecule has 0 N–H and O–H groups in total. The molecule has 3 rings (SSSR count). The molecule has 8 heteroatoms. The highest BCUT2D eigenvalue weighted by atomic mass is 32.2. The van der Waals surface area contributed by atoms with Crippen LogP contribution >= 0.6 is 11.3 Å². The number of benzene rings is 1. The molecule has 0 radical (unpaired) electrons. The highest BCUT2D eigenvalue weighted by molar-refractivity contribution is 7.91. The summed E-state index contributed by atoms with van der Waals surface area (Å²) in [5.74, 6) is -0.414. The Morgan fingerprint density at radius 2 is 1.81 bits per heavy atom. The third kappa shape index (κ3) is 4.95. The first kappa shape index (κ1) is 19.5. The molecular formula is C19H20N2O4S2. The normalized spacial score (nSPS) is 15.2. The first-order valence-corrected chi connectivity index (χ1v) is 11.0. The molecule has 1 aliphatic rings. The second-order valence-corrected chi connectivity index (χ2v) is 9.66. The van der Waals surface area contributed by atoms with E-state index in [1.807, 2.05) is 6.07 Å². The average Bonchev–Trinajstić information content (AvgIpc) is 3.17. The van der Waals surface area contributed by atoms with Crippen LogP contribution < -0.4 is 0 Å². The Balaban J connectivity index is 1.56. The highest BCUT2D eigenvalue weighted by Crippen LogP contribution is 2.27. The quantitative estimate of drug-likeness (QED) is 0.691. The number of carbonyl (C=O) groups is 1. The molecule has 2 aromatic rings. The van der Waals surface area contributed by atoms with Crippen molar-refractivity contribution in [2.45, 2.75) is 36.5 Å². The molecule has 6 nitrogen and oxygen atoms in total. The lowest BCUT2D eigenvalue weighted by Crippen LogP contribution is -2.35. The molecule has 0 bridgehead atoms. The van der Waals surface area contributed by atoms with E-state index in [-0.39, 0.29) is 17.2 Å². The number of piperidine rings is 1. The highest BCUT2D eigenvalue weighted by Gasteiger charge is 2.27. The van der Waals surface area contributed by atoms with E-state index in [0.717, 1.165) is 36.2 Å². The van der Waals surface area contributed by atoms with Crippen molar-refractivity contribution in [2.75, 3.05) is 13.1 Å². The number of nitrogens with zero attached hydrogens (tertiary/aromatic N) is 2. The maximum absolute atomic E-state index is 12.6. The molecule has 0 atom stereocenters. The minimum absolute atomic E-state index is 0.0382. The fourth-order valence-corrected chi connectivity index (χ4v) is 5.87. The second kappa shape index (κ2) is 8.65. The lowest BCUT2D eigenvalue weighted by molar-refractivity contribution is -0.144. The number of hydrogen-bond acceptors (Lipinski definition) is 6. The van der Waals surface area contributed by atoms with E-state index >= 15 is 0 Å². The van der Waals surface area contributed by atoms with Gasteiger partial charge in [0.05, 0.1) is 18.1 Å². The second-order valence-electron chi connectivity index (χ2n) is 6.33. The van der Waals surface area contributed by atoms with Gasteiger partial charge in [0.15, 0.2) is 0 Å². The van der Waals surface area contributed by atoms with Crippen LogP contribution in [0.15, 0.2) is 40.6 Å². The van der Waals surface area contributed by atoms with Gasteiger partial charge in [-0.15, -0.1) is 11.3 Å². The van der Waals surface area contributed by atoms with E-state index < -0.39 is 16.0 Å². The number of carbonyl (C=O) groups excluding carboxylic acids is 1. The Kier molecular flexibility index (Phi) is 6.26. The summed E-state index contributed by atoms with van der Waals surface area (Å²) in [6.45, 7) is 1.24. The first-order chi connectivity index (χ1) is 13.0. The monoisotopic (exact) mass is 404 g/mol. The van der Waals surface area contributed by atoms with Crippen LogP contribution in [0.1, 0.15) is 35.3 Å². The van der Waals surface area contributed by atoms with Crippen LogP contribution in [-0.2, 0) is 32.6 Å². The van der Waals surface area contributed by atoms with E-state index in [9.17, 15) is 13.2 Å². The van der Waals surface area contributed by atoms with Crippen molar-refractivity contribution in [3.05, 3.63) is 52.4 Å². The van der Waals surface area contributed by atoms with Crippen molar-refractivity contribution >= 4 is 27.3 Å². The molecule has 0 amide bonds. The molecule has 1 aromatic carbocycles. The van der Waals surface area contributed by atoms with Gasteiger partial charge in [0.25, 0.3) is 10.0 Å². The van der Waals surface area contributed by atoms with Crippen LogP contribution in [0.2, 0.25) is 0 Å². The third-order valence-corrected chi connectivity index (χ3v) is 7.80. The van der Waals surface area contributed by atoms with Gasteiger partial charge in [-0.2, -0.15) is 9.57 Å². The Labute approximate surface area is 163 Å². The van der Waals surface area contributed by atoms with Crippen LogP contribution in [0.25, 0.3) is 0 Å². The summed E-state index contributed by atoms with van der Waals surface area (Å²) in [4.78, 5) is 12.7. The van der Waals surface area contributed by atoms with Gasteiger partial charge in [0.2, 0.25) is 0 Å². The summed E-state index contributed by atoms with van der Waals surface area (Å²) in [7, 11) is -3.47. The molecular weight excluding hydrogens is 384 g/mol. The van der Waals surface area contributed by atoms with Crippen LogP contribution in [-0.4, -0.2) is 31.8 Å². The molecule has 1 fully saturated rings. The molecule has 1 aromatic heterocycles. The van der Waals surface area contributed by atoms with Gasteiger partial charge in [0.1, 0.15) is 10.8 Å². The third-order valence-electron chi connectivity index (χ3n) is 4.35. The maximum atomic E-state index is 12.6. The SMILES string of the molecule is N#Cc1ccc(COC(=O)Cc2ccc(S(=O)(=O)N3CCCCC3)s2)cc1. The molecule has 0 spiro atoms. The van der Waals surface area contributed by atoms with Crippen molar-refractivity contribution in [2.24, 2.45) is 0 Å². The number of thiophene rings is 1. The summed E-state index contributed by atoms with van der Waals surface area (Å²) in [6.07, 6.45) is 2.88. The molecule has 1 aliphatic heterocycles. The average molecular weight is 405 g/mol. The van der Waals surface area contributed by atoms with Crippen molar-refractivity contribution < 1.29 is 17.9 Å². The van der Waals surface area contributed by atoms with E-state index in [1.54, 1.807) is 36.4 Å².